The number of aryl methyl sites for hydroxylation is 1. The maximum absolute atomic E-state index is 4.72. The number of nitrogens with zero attached hydrogens (tertiary/aromatic N) is 2. The van der Waals surface area contributed by atoms with Crippen molar-refractivity contribution in [1.82, 2.24) is 20.5 Å². The standard InChI is InChI=1S/C22H37N5/c1-6-23-22(24-12-7-8-14-27(5)17(2)3)25-13-11-19-16-26-21-15-18(4)9-10-20(19)21/h9-10,15-17,26H,6-8,11-14H2,1-5H3,(H2,23,24,25). The van der Waals surface area contributed by atoms with Gasteiger partial charge in [-0.2, -0.15) is 0 Å². The van der Waals surface area contributed by atoms with Crippen LogP contribution in [0.1, 0.15) is 44.7 Å². The number of guanidine groups is 1. The van der Waals surface area contributed by atoms with Crippen LogP contribution >= 0.6 is 0 Å². The van der Waals surface area contributed by atoms with E-state index in [2.05, 4.69) is 79.7 Å². The first-order chi connectivity index (χ1) is 13.0. The lowest BCUT2D eigenvalue weighted by Crippen LogP contribution is -2.38. The van der Waals surface area contributed by atoms with Crippen LogP contribution in [0, 0.1) is 6.92 Å². The molecule has 5 nitrogen and oxygen atoms in total. The smallest absolute Gasteiger partial charge is 0.191 e. The van der Waals surface area contributed by atoms with Gasteiger partial charge in [-0.3, -0.25) is 4.99 Å². The van der Waals surface area contributed by atoms with Gasteiger partial charge >= 0.3 is 0 Å². The van der Waals surface area contributed by atoms with E-state index in [0.717, 1.165) is 45.0 Å². The average molecular weight is 372 g/mol. The monoisotopic (exact) mass is 371 g/mol. The highest BCUT2D eigenvalue weighted by Crippen LogP contribution is 2.19. The van der Waals surface area contributed by atoms with Crippen LogP contribution in [-0.2, 0) is 6.42 Å². The minimum atomic E-state index is 0.612. The Labute approximate surface area is 164 Å². The first-order valence-electron chi connectivity index (χ1n) is 10.3. The van der Waals surface area contributed by atoms with E-state index in [0.29, 0.717) is 6.04 Å². The van der Waals surface area contributed by atoms with Crippen LogP contribution in [0.4, 0.5) is 0 Å². The number of H-pyrrole nitrogens is 1. The van der Waals surface area contributed by atoms with Gasteiger partial charge in [0.05, 0.1) is 0 Å². The Kier molecular flexibility index (Phi) is 8.65. The van der Waals surface area contributed by atoms with E-state index < -0.39 is 0 Å². The van der Waals surface area contributed by atoms with Gasteiger partial charge < -0.3 is 20.5 Å². The zero-order valence-corrected chi connectivity index (χ0v) is 17.7. The molecule has 0 amide bonds. The second-order valence-corrected chi connectivity index (χ2v) is 7.58. The zero-order valence-electron chi connectivity index (χ0n) is 17.7. The molecule has 0 atom stereocenters. The van der Waals surface area contributed by atoms with Crippen molar-refractivity contribution in [2.24, 2.45) is 4.99 Å². The molecular weight excluding hydrogens is 334 g/mol. The minimum absolute atomic E-state index is 0.612. The molecule has 1 aromatic carbocycles. The highest BCUT2D eigenvalue weighted by molar-refractivity contribution is 5.84. The summed E-state index contributed by atoms with van der Waals surface area (Å²) in [5.74, 6) is 0.922. The fraction of sp³-hybridized carbons (Fsp3) is 0.591. The molecule has 2 rings (SSSR count). The lowest BCUT2D eigenvalue weighted by molar-refractivity contribution is 0.269. The van der Waals surface area contributed by atoms with Crippen molar-refractivity contribution in [1.29, 1.82) is 0 Å². The Bertz CT molecular complexity index is 717. The van der Waals surface area contributed by atoms with Gasteiger partial charge in [0, 0.05) is 42.8 Å². The van der Waals surface area contributed by atoms with Crippen molar-refractivity contribution in [3.8, 4) is 0 Å². The van der Waals surface area contributed by atoms with Crippen molar-refractivity contribution in [2.75, 3.05) is 33.2 Å². The topological polar surface area (TPSA) is 55.5 Å². The summed E-state index contributed by atoms with van der Waals surface area (Å²) in [6.45, 7) is 12.5. The molecule has 27 heavy (non-hydrogen) atoms. The summed E-state index contributed by atoms with van der Waals surface area (Å²) in [6.07, 6.45) is 5.41. The third-order valence-electron chi connectivity index (χ3n) is 5.02. The molecule has 0 aliphatic heterocycles. The Hall–Kier alpha value is -2.01. The Morgan fingerprint density at radius 1 is 1.22 bits per heavy atom. The predicted octanol–water partition coefficient (Wildman–Crippen LogP) is 3.69. The Balaban J connectivity index is 1.77. The van der Waals surface area contributed by atoms with Crippen LogP contribution in [-0.4, -0.2) is 55.1 Å². The summed E-state index contributed by atoms with van der Waals surface area (Å²) in [6, 6.07) is 7.20. The van der Waals surface area contributed by atoms with Gasteiger partial charge in [-0.15, -0.1) is 0 Å². The summed E-state index contributed by atoms with van der Waals surface area (Å²) in [7, 11) is 2.19. The maximum Gasteiger partial charge on any atom is 0.191 e. The first kappa shape index (κ1) is 21.3. The van der Waals surface area contributed by atoms with Crippen molar-refractivity contribution in [3.63, 3.8) is 0 Å². The summed E-state index contributed by atoms with van der Waals surface area (Å²) in [4.78, 5) is 10.5. The van der Waals surface area contributed by atoms with Crippen molar-refractivity contribution < 1.29 is 0 Å². The number of aromatic nitrogens is 1. The van der Waals surface area contributed by atoms with Crippen molar-refractivity contribution in [2.45, 2.75) is 53.0 Å². The molecule has 2 aromatic rings. The lowest BCUT2D eigenvalue weighted by Gasteiger charge is -2.20. The third-order valence-corrected chi connectivity index (χ3v) is 5.02. The number of rotatable bonds is 10. The molecule has 5 heteroatoms. The maximum atomic E-state index is 4.72. The number of benzene rings is 1. The minimum Gasteiger partial charge on any atom is -0.361 e. The van der Waals surface area contributed by atoms with Crippen LogP contribution in [0.25, 0.3) is 10.9 Å². The number of hydrogen-bond donors (Lipinski definition) is 3. The molecule has 0 bridgehead atoms. The molecular formula is C22H37N5. The van der Waals surface area contributed by atoms with Gasteiger partial charge in [0.1, 0.15) is 0 Å². The molecule has 0 fully saturated rings. The van der Waals surface area contributed by atoms with Gasteiger partial charge in [0.25, 0.3) is 0 Å². The SMILES string of the molecule is CCNC(=NCCCCN(C)C(C)C)NCCc1c[nH]c2cc(C)ccc12. The largest absolute Gasteiger partial charge is 0.361 e. The van der Waals surface area contributed by atoms with E-state index in [1.807, 2.05) is 0 Å². The van der Waals surface area contributed by atoms with Gasteiger partial charge in [0.15, 0.2) is 5.96 Å². The molecule has 0 saturated heterocycles. The van der Waals surface area contributed by atoms with E-state index in [4.69, 9.17) is 4.99 Å². The molecule has 3 N–H and O–H groups in total. The molecule has 1 aromatic heterocycles. The number of unbranched alkanes of at least 4 members (excludes halogenated alkanes) is 1. The molecule has 1 heterocycles. The third kappa shape index (κ3) is 6.90. The van der Waals surface area contributed by atoms with Gasteiger partial charge in [-0.25, -0.2) is 0 Å². The van der Waals surface area contributed by atoms with Gasteiger partial charge in [-0.1, -0.05) is 12.1 Å². The van der Waals surface area contributed by atoms with Crippen LogP contribution in [0.2, 0.25) is 0 Å². The molecule has 0 unspecified atom stereocenters. The number of aliphatic imine (C=N–C) groups is 1. The Morgan fingerprint density at radius 3 is 2.78 bits per heavy atom. The fourth-order valence-electron chi connectivity index (χ4n) is 3.09. The van der Waals surface area contributed by atoms with Crippen LogP contribution in [0.5, 0.6) is 0 Å². The predicted molar refractivity (Wildman–Crippen MR) is 118 cm³/mol. The van der Waals surface area contributed by atoms with E-state index in [1.165, 1.54) is 28.5 Å². The Morgan fingerprint density at radius 2 is 2.04 bits per heavy atom. The number of fused-ring (bicyclic) bond motifs is 1. The summed E-state index contributed by atoms with van der Waals surface area (Å²) in [5, 5.41) is 8.13. The fourth-order valence-corrected chi connectivity index (χ4v) is 3.09. The van der Waals surface area contributed by atoms with Crippen LogP contribution < -0.4 is 10.6 Å². The first-order valence-corrected chi connectivity index (χ1v) is 10.3. The number of nitrogens with one attached hydrogen (secondary N) is 3. The van der Waals surface area contributed by atoms with Crippen LogP contribution in [0.3, 0.4) is 0 Å². The molecule has 0 spiro atoms. The highest BCUT2D eigenvalue weighted by Gasteiger charge is 2.05. The quantitative estimate of drug-likeness (QED) is 0.339. The van der Waals surface area contributed by atoms with E-state index in [-0.39, 0.29) is 0 Å². The number of hydrogen-bond acceptors (Lipinski definition) is 2. The summed E-state index contributed by atoms with van der Waals surface area (Å²) < 4.78 is 0. The molecule has 0 aliphatic carbocycles. The van der Waals surface area contributed by atoms with E-state index >= 15 is 0 Å². The molecule has 0 saturated carbocycles. The average Bonchev–Trinajstić information content (AvgIpc) is 3.03. The molecule has 150 valence electrons. The normalized spacial score (nSPS) is 12.3. The molecule has 0 radical (unpaired) electrons. The second-order valence-electron chi connectivity index (χ2n) is 7.58. The van der Waals surface area contributed by atoms with Crippen LogP contribution in [0.15, 0.2) is 29.4 Å². The highest BCUT2D eigenvalue weighted by atomic mass is 15.2. The van der Waals surface area contributed by atoms with Crippen molar-refractivity contribution in [3.05, 3.63) is 35.5 Å². The summed E-state index contributed by atoms with van der Waals surface area (Å²) in [5.41, 5.74) is 3.86. The van der Waals surface area contributed by atoms with Gasteiger partial charge in [-0.05, 0) is 77.7 Å². The van der Waals surface area contributed by atoms with Gasteiger partial charge in [0.2, 0.25) is 0 Å². The van der Waals surface area contributed by atoms with E-state index in [1.54, 1.807) is 0 Å². The van der Waals surface area contributed by atoms with Crippen molar-refractivity contribution >= 4 is 16.9 Å². The number of aromatic amines is 1. The van der Waals surface area contributed by atoms with E-state index in [9.17, 15) is 0 Å². The summed E-state index contributed by atoms with van der Waals surface area (Å²) >= 11 is 0. The second kappa shape index (κ2) is 11.0. The lowest BCUT2D eigenvalue weighted by atomic mass is 10.1. The zero-order chi connectivity index (χ0) is 19.6. The molecule has 0 aliphatic rings.